The normalized spacial score (nSPS) is 12.4. The van der Waals surface area contributed by atoms with Crippen molar-refractivity contribution in [2.75, 3.05) is 13.7 Å². The number of rotatable bonds is 5. The van der Waals surface area contributed by atoms with Crippen molar-refractivity contribution in [2.45, 2.75) is 19.9 Å². The van der Waals surface area contributed by atoms with Crippen molar-refractivity contribution in [1.82, 2.24) is 5.32 Å². The molecule has 0 bridgehead atoms. The predicted octanol–water partition coefficient (Wildman–Crippen LogP) is 5.29. The van der Waals surface area contributed by atoms with Crippen LogP contribution in [-0.4, -0.2) is 13.7 Å². The summed E-state index contributed by atoms with van der Waals surface area (Å²) in [5.41, 5.74) is 2.50. The van der Waals surface area contributed by atoms with Crippen LogP contribution < -0.4 is 10.1 Å². The van der Waals surface area contributed by atoms with E-state index in [1.54, 1.807) is 18.4 Å². The Kier molecular flexibility index (Phi) is 5.66. The monoisotopic (exact) mass is 417 g/mol. The summed E-state index contributed by atoms with van der Waals surface area (Å²) in [5.74, 6) is 0.861. The van der Waals surface area contributed by atoms with E-state index in [2.05, 4.69) is 63.2 Å². The van der Waals surface area contributed by atoms with E-state index in [9.17, 15) is 0 Å². The van der Waals surface area contributed by atoms with E-state index in [1.165, 1.54) is 19.8 Å². The molecule has 0 aliphatic carbocycles. The number of ether oxygens (including phenoxy) is 1. The molecule has 0 amide bonds. The highest BCUT2D eigenvalue weighted by Crippen LogP contribution is 2.37. The van der Waals surface area contributed by atoms with Crippen molar-refractivity contribution in [3.8, 4) is 5.75 Å². The van der Waals surface area contributed by atoms with Crippen molar-refractivity contribution < 1.29 is 4.74 Å². The molecule has 1 N–H and O–H groups in total. The Bertz CT molecular complexity index is 578. The zero-order valence-corrected chi connectivity index (χ0v) is 15.7. The molecule has 0 radical (unpaired) electrons. The first kappa shape index (κ1) is 16.0. The zero-order chi connectivity index (χ0) is 14.7. The van der Waals surface area contributed by atoms with Gasteiger partial charge in [-0.3, -0.25) is 0 Å². The van der Waals surface area contributed by atoms with Gasteiger partial charge in [0.15, 0.2) is 0 Å². The highest BCUT2D eigenvalue weighted by molar-refractivity contribution is 9.11. The highest BCUT2D eigenvalue weighted by atomic mass is 79.9. The third kappa shape index (κ3) is 3.45. The van der Waals surface area contributed by atoms with Crippen LogP contribution in [0.3, 0.4) is 0 Å². The van der Waals surface area contributed by atoms with Gasteiger partial charge in [0.05, 0.1) is 16.9 Å². The van der Waals surface area contributed by atoms with Crippen molar-refractivity contribution in [1.29, 1.82) is 0 Å². The van der Waals surface area contributed by atoms with E-state index in [0.29, 0.717) is 0 Å². The zero-order valence-electron chi connectivity index (χ0n) is 11.7. The molecule has 2 nitrogen and oxygen atoms in total. The molecule has 0 aliphatic heterocycles. The number of aryl methyl sites for hydroxylation is 1. The van der Waals surface area contributed by atoms with E-state index < -0.39 is 0 Å². The molecule has 108 valence electrons. The maximum atomic E-state index is 5.26. The molecule has 1 atom stereocenters. The molecule has 0 saturated heterocycles. The SMILES string of the molecule is CCNC(c1cc(C)c(Br)s1)c1ccc(OC)cc1Br. The van der Waals surface area contributed by atoms with Crippen LogP contribution >= 0.6 is 43.2 Å². The van der Waals surface area contributed by atoms with Crippen LogP contribution in [0.2, 0.25) is 0 Å². The minimum absolute atomic E-state index is 0.190. The van der Waals surface area contributed by atoms with Crippen LogP contribution in [0.5, 0.6) is 5.75 Å². The van der Waals surface area contributed by atoms with Gasteiger partial charge >= 0.3 is 0 Å². The van der Waals surface area contributed by atoms with Crippen LogP contribution in [0.25, 0.3) is 0 Å². The number of benzene rings is 1. The maximum Gasteiger partial charge on any atom is 0.120 e. The van der Waals surface area contributed by atoms with Crippen LogP contribution in [0.15, 0.2) is 32.5 Å². The largest absolute Gasteiger partial charge is 0.497 e. The van der Waals surface area contributed by atoms with Gasteiger partial charge in [-0.1, -0.05) is 28.9 Å². The predicted molar refractivity (Wildman–Crippen MR) is 93.0 cm³/mol. The first-order valence-electron chi connectivity index (χ1n) is 6.39. The summed E-state index contributed by atoms with van der Waals surface area (Å²) in [7, 11) is 1.68. The number of nitrogens with one attached hydrogen (secondary N) is 1. The third-order valence-corrected chi connectivity index (χ3v) is 5.98. The molecule has 1 heterocycles. The second-order valence-corrected chi connectivity index (χ2v) is 7.74. The highest BCUT2D eigenvalue weighted by Gasteiger charge is 2.19. The van der Waals surface area contributed by atoms with Gasteiger partial charge in [0.25, 0.3) is 0 Å². The summed E-state index contributed by atoms with van der Waals surface area (Å²) in [6.07, 6.45) is 0. The van der Waals surface area contributed by atoms with Crippen LogP contribution in [0, 0.1) is 6.92 Å². The molecule has 0 spiro atoms. The standard InChI is InChI=1S/C15H17Br2NOS/c1-4-18-14(13-7-9(2)15(17)20-13)11-6-5-10(19-3)8-12(11)16/h5-8,14,18H,4H2,1-3H3. The van der Waals surface area contributed by atoms with Gasteiger partial charge in [-0.25, -0.2) is 0 Å². The van der Waals surface area contributed by atoms with E-state index in [-0.39, 0.29) is 6.04 Å². The van der Waals surface area contributed by atoms with Gasteiger partial charge in [0, 0.05) is 9.35 Å². The second kappa shape index (κ2) is 7.07. The van der Waals surface area contributed by atoms with Crippen molar-refractivity contribution in [2.24, 2.45) is 0 Å². The number of methoxy groups -OCH3 is 1. The molecule has 2 rings (SSSR count). The average Bonchev–Trinajstić information content (AvgIpc) is 2.76. The number of hydrogen-bond donors (Lipinski definition) is 1. The summed E-state index contributed by atoms with van der Waals surface area (Å²) in [6, 6.07) is 8.54. The molecule has 5 heteroatoms. The molecular weight excluding hydrogens is 402 g/mol. The Hall–Kier alpha value is -0.360. The fraction of sp³-hybridized carbons (Fsp3) is 0.333. The molecule has 0 aliphatic rings. The summed E-state index contributed by atoms with van der Waals surface area (Å²) >= 11 is 9.04. The molecule has 1 aromatic heterocycles. The molecule has 2 aromatic rings. The summed E-state index contributed by atoms with van der Waals surface area (Å²) in [6.45, 7) is 5.16. The van der Waals surface area contributed by atoms with Crippen molar-refractivity contribution in [3.05, 3.63) is 48.5 Å². The molecule has 0 saturated carbocycles. The lowest BCUT2D eigenvalue weighted by atomic mass is 10.0. The Morgan fingerprint density at radius 2 is 2.05 bits per heavy atom. The first-order chi connectivity index (χ1) is 9.56. The number of halogens is 2. The lowest BCUT2D eigenvalue weighted by Gasteiger charge is -2.19. The fourth-order valence-corrected chi connectivity index (χ4v) is 4.32. The van der Waals surface area contributed by atoms with Gasteiger partial charge in [-0.05, 0) is 58.7 Å². The minimum Gasteiger partial charge on any atom is -0.497 e. The summed E-state index contributed by atoms with van der Waals surface area (Å²) in [5, 5.41) is 3.55. The van der Waals surface area contributed by atoms with Gasteiger partial charge in [-0.15, -0.1) is 11.3 Å². The minimum atomic E-state index is 0.190. The van der Waals surface area contributed by atoms with Crippen molar-refractivity contribution in [3.63, 3.8) is 0 Å². The molecule has 20 heavy (non-hydrogen) atoms. The number of hydrogen-bond acceptors (Lipinski definition) is 3. The Balaban J connectivity index is 2.42. The third-order valence-electron chi connectivity index (χ3n) is 3.09. The van der Waals surface area contributed by atoms with Gasteiger partial charge in [-0.2, -0.15) is 0 Å². The fourth-order valence-electron chi connectivity index (χ4n) is 2.06. The van der Waals surface area contributed by atoms with E-state index in [0.717, 1.165) is 16.8 Å². The van der Waals surface area contributed by atoms with Crippen LogP contribution in [0.4, 0.5) is 0 Å². The Morgan fingerprint density at radius 3 is 2.55 bits per heavy atom. The Morgan fingerprint density at radius 1 is 1.30 bits per heavy atom. The quantitative estimate of drug-likeness (QED) is 0.712. The van der Waals surface area contributed by atoms with E-state index >= 15 is 0 Å². The maximum absolute atomic E-state index is 5.26. The molecule has 1 unspecified atom stereocenters. The molecular formula is C15H17Br2NOS. The second-order valence-electron chi connectivity index (χ2n) is 4.48. The van der Waals surface area contributed by atoms with Gasteiger partial charge in [0.1, 0.15) is 5.75 Å². The molecule has 0 fully saturated rings. The number of thiophene rings is 1. The van der Waals surface area contributed by atoms with Gasteiger partial charge in [0.2, 0.25) is 0 Å². The summed E-state index contributed by atoms with van der Waals surface area (Å²) in [4.78, 5) is 1.31. The first-order valence-corrected chi connectivity index (χ1v) is 8.79. The van der Waals surface area contributed by atoms with Gasteiger partial charge < -0.3 is 10.1 Å². The Labute approximate surface area is 140 Å². The summed E-state index contributed by atoms with van der Waals surface area (Å²) < 4.78 is 7.52. The smallest absolute Gasteiger partial charge is 0.120 e. The van der Waals surface area contributed by atoms with Crippen molar-refractivity contribution >= 4 is 43.2 Å². The van der Waals surface area contributed by atoms with E-state index in [1.807, 2.05) is 12.1 Å². The average molecular weight is 419 g/mol. The lowest BCUT2D eigenvalue weighted by molar-refractivity contribution is 0.414. The molecule has 1 aromatic carbocycles. The van der Waals surface area contributed by atoms with E-state index in [4.69, 9.17) is 4.74 Å². The van der Waals surface area contributed by atoms with Crippen LogP contribution in [-0.2, 0) is 0 Å². The lowest BCUT2D eigenvalue weighted by Crippen LogP contribution is -2.21. The van der Waals surface area contributed by atoms with Crippen LogP contribution in [0.1, 0.15) is 29.0 Å². The topological polar surface area (TPSA) is 21.3 Å².